The summed E-state index contributed by atoms with van der Waals surface area (Å²) in [4.78, 5) is 11.3. The summed E-state index contributed by atoms with van der Waals surface area (Å²) < 4.78 is 6.36. The molecule has 0 saturated carbocycles. The molecule has 4 aromatic rings. The lowest BCUT2D eigenvalue weighted by Gasteiger charge is -2.33. The molecule has 1 aliphatic heterocycles. The zero-order valence-electron chi connectivity index (χ0n) is 19.0. The van der Waals surface area contributed by atoms with Gasteiger partial charge in [-0.1, -0.05) is 72.8 Å². The molecule has 0 unspecified atom stereocenters. The molecule has 0 radical (unpaired) electrons. The maximum absolute atomic E-state index is 11.3. The molecule has 3 atom stereocenters. The monoisotopic (exact) mass is 473 g/mol. The number of benzene rings is 4. The number of para-hydroxylation sites is 1. The molecule has 0 saturated heterocycles. The van der Waals surface area contributed by atoms with Gasteiger partial charge < -0.3 is 15.2 Å². The number of nitrogens with one attached hydrogen (secondary N) is 1. The molecule has 0 aliphatic carbocycles. The molecule has 4 aromatic carbocycles. The van der Waals surface area contributed by atoms with Gasteiger partial charge in [-0.25, -0.2) is 4.79 Å². The molecule has 1 aliphatic rings. The number of halogens is 1. The van der Waals surface area contributed by atoms with Crippen LogP contribution in [0.3, 0.4) is 0 Å². The average Bonchev–Trinajstić information content (AvgIpc) is 2.86. The minimum absolute atomic E-state index is 0. The largest absolute Gasteiger partial charge is 0.489 e. The summed E-state index contributed by atoms with van der Waals surface area (Å²) in [5, 5.41) is 15.4. The van der Waals surface area contributed by atoms with Crippen LogP contribution in [0, 0.1) is 0 Å². The molecule has 1 heterocycles. The Bertz CT molecular complexity index is 1280. The highest BCUT2D eigenvalue weighted by Crippen LogP contribution is 2.40. The summed E-state index contributed by atoms with van der Waals surface area (Å²) in [7, 11) is 0. The van der Waals surface area contributed by atoms with Crippen molar-refractivity contribution < 1.29 is 14.6 Å². The summed E-state index contributed by atoms with van der Waals surface area (Å²) in [5.74, 6) is 0.163. The van der Waals surface area contributed by atoms with Crippen LogP contribution in [-0.2, 0) is 0 Å². The molecule has 0 bridgehead atoms. The summed E-state index contributed by atoms with van der Waals surface area (Å²) in [5.41, 5.74) is 3.85. The number of hydrogen-bond acceptors (Lipinski definition) is 3. The predicted molar refractivity (Wildman–Crippen MR) is 138 cm³/mol. The quantitative estimate of drug-likeness (QED) is 0.331. The smallest absolute Gasteiger partial charge is 0.335 e. The first-order valence-electron chi connectivity index (χ1n) is 11.4. The summed E-state index contributed by atoms with van der Waals surface area (Å²) in [6.07, 6.45) is 0.847. The van der Waals surface area contributed by atoms with Crippen molar-refractivity contribution in [3.8, 4) is 5.75 Å². The van der Waals surface area contributed by atoms with Crippen molar-refractivity contribution in [2.24, 2.45) is 0 Å². The van der Waals surface area contributed by atoms with E-state index in [0.717, 1.165) is 29.8 Å². The third-order valence-electron chi connectivity index (χ3n) is 6.59. The highest BCUT2D eigenvalue weighted by molar-refractivity contribution is 5.87. The van der Waals surface area contributed by atoms with Crippen molar-refractivity contribution in [1.29, 1.82) is 0 Å². The number of rotatable bonds is 6. The van der Waals surface area contributed by atoms with E-state index in [1.54, 1.807) is 12.1 Å². The van der Waals surface area contributed by atoms with E-state index in [4.69, 9.17) is 4.74 Å². The molecule has 4 nitrogen and oxygen atoms in total. The van der Waals surface area contributed by atoms with Crippen molar-refractivity contribution in [1.82, 2.24) is 5.32 Å². The van der Waals surface area contributed by atoms with Crippen LogP contribution in [0.25, 0.3) is 10.8 Å². The van der Waals surface area contributed by atoms with Crippen LogP contribution in [-0.4, -0.2) is 23.7 Å². The third-order valence-corrected chi connectivity index (χ3v) is 6.59. The van der Waals surface area contributed by atoms with E-state index in [-0.39, 0.29) is 30.5 Å². The molecular weight excluding hydrogens is 446 g/mol. The lowest BCUT2D eigenvalue weighted by Crippen LogP contribution is -2.37. The molecule has 34 heavy (non-hydrogen) atoms. The first-order chi connectivity index (χ1) is 16.1. The Morgan fingerprint density at radius 3 is 2.47 bits per heavy atom. The van der Waals surface area contributed by atoms with Crippen LogP contribution in [0.1, 0.15) is 52.4 Å². The standard InChI is InChI=1S/C29H27NO3.ClH/c1-19(24-11-6-8-20-7-2-3-9-25(20)24)30-18-23-17-27(26-10-4-5-12-28(26)33-23)21-13-15-22(16-14-21)29(31)32;/h2-16,19,23,27,30H,17-18H2,1H3,(H,31,32);1H/t19-,23-,27-;/m1./s1. The highest BCUT2D eigenvalue weighted by atomic mass is 35.5. The minimum Gasteiger partial charge on any atom is -0.489 e. The van der Waals surface area contributed by atoms with Crippen molar-refractivity contribution in [2.75, 3.05) is 6.54 Å². The van der Waals surface area contributed by atoms with Crippen LogP contribution in [0.15, 0.2) is 91.0 Å². The van der Waals surface area contributed by atoms with Gasteiger partial charge in [0.2, 0.25) is 0 Å². The van der Waals surface area contributed by atoms with Gasteiger partial charge in [-0.2, -0.15) is 0 Å². The molecule has 5 heteroatoms. The van der Waals surface area contributed by atoms with Crippen molar-refractivity contribution in [3.05, 3.63) is 113 Å². The third kappa shape index (κ3) is 4.79. The second kappa shape index (κ2) is 10.3. The maximum Gasteiger partial charge on any atom is 0.335 e. The van der Waals surface area contributed by atoms with Gasteiger partial charge >= 0.3 is 5.97 Å². The lowest BCUT2D eigenvalue weighted by atomic mass is 9.84. The number of carboxylic acids is 1. The van der Waals surface area contributed by atoms with E-state index in [9.17, 15) is 9.90 Å². The number of fused-ring (bicyclic) bond motifs is 2. The number of carboxylic acid groups (broad SMARTS) is 1. The molecule has 2 N–H and O–H groups in total. The molecule has 0 aromatic heterocycles. The van der Waals surface area contributed by atoms with Gasteiger partial charge in [0, 0.05) is 24.1 Å². The normalized spacial score (nSPS) is 17.8. The van der Waals surface area contributed by atoms with E-state index in [0.29, 0.717) is 5.56 Å². The SMILES string of the molecule is C[C@@H](NC[C@H]1C[C@H](c2ccc(C(=O)O)cc2)c2ccccc2O1)c1cccc2ccccc12.Cl. The number of aromatic carboxylic acids is 1. The first kappa shape index (κ1) is 23.8. The molecule has 174 valence electrons. The van der Waals surface area contributed by atoms with E-state index in [1.807, 2.05) is 30.3 Å². The van der Waals surface area contributed by atoms with Gasteiger partial charge in [0.25, 0.3) is 0 Å². The topological polar surface area (TPSA) is 58.6 Å². The average molecular weight is 474 g/mol. The van der Waals surface area contributed by atoms with Gasteiger partial charge in [0.05, 0.1) is 5.56 Å². The maximum atomic E-state index is 11.3. The van der Waals surface area contributed by atoms with Gasteiger partial charge in [-0.3, -0.25) is 0 Å². The van der Waals surface area contributed by atoms with E-state index in [2.05, 4.69) is 60.8 Å². The Morgan fingerprint density at radius 2 is 1.68 bits per heavy atom. The highest BCUT2D eigenvalue weighted by Gasteiger charge is 2.29. The summed E-state index contributed by atoms with van der Waals surface area (Å²) in [6, 6.07) is 30.5. The minimum atomic E-state index is -0.904. The Hall–Kier alpha value is -3.34. The van der Waals surface area contributed by atoms with Crippen LogP contribution >= 0.6 is 12.4 Å². The number of hydrogen-bond donors (Lipinski definition) is 2. The van der Waals surface area contributed by atoms with Crippen LogP contribution < -0.4 is 10.1 Å². The zero-order valence-corrected chi connectivity index (χ0v) is 19.8. The molecule has 0 amide bonds. The summed E-state index contributed by atoms with van der Waals surface area (Å²) in [6.45, 7) is 2.92. The molecule has 5 rings (SSSR count). The zero-order chi connectivity index (χ0) is 22.8. The molecule has 0 spiro atoms. The van der Waals surface area contributed by atoms with E-state index < -0.39 is 5.97 Å². The Labute approximate surface area is 206 Å². The molecule has 0 fully saturated rings. The number of ether oxygens (including phenoxy) is 1. The second-order valence-corrected chi connectivity index (χ2v) is 8.69. The van der Waals surface area contributed by atoms with Crippen molar-refractivity contribution in [2.45, 2.75) is 31.4 Å². The molecular formula is C29H28ClNO3. The van der Waals surface area contributed by atoms with Crippen molar-refractivity contribution >= 4 is 29.1 Å². The fourth-order valence-electron chi connectivity index (χ4n) is 4.84. The number of carbonyl (C=O) groups is 1. The van der Waals surface area contributed by atoms with Crippen LogP contribution in [0.5, 0.6) is 5.75 Å². The van der Waals surface area contributed by atoms with Gasteiger partial charge in [-0.15, -0.1) is 12.4 Å². The lowest BCUT2D eigenvalue weighted by molar-refractivity contribution is 0.0697. The van der Waals surface area contributed by atoms with Gasteiger partial charge in [0.1, 0.15) is 11.9 Å². The van der Waals surface area contributed by atoms with Gasteiger partial charge in [-0.05, 0) is 53.4 Å². The van der Waals surface area contributed by atoms with Crippen LogP contribution in [0.2, 0.25) is 0 Å². The Morgan fingerprint density at radius 1 is 0.971 bits per heavy atom. The van der Waals surface area contributed by atoms with Gasteiger partial charge in [0.15, 0.2) is 0 Å². The first-order valence-corrected chi connectivity index (χ1v) is 11.4. The Balaban J connectivity index is 0.00000274. The summed E-state index contributed by atoms with van der Waals surface area (Å²) >= 11 is 0. The van der Waals surface area contributed by atoms with E-state index >= 15 is 0 Å². The van der Waals surface area contributed by atoms with Crippen LogP contribution in [0.4, 0.5) is 0 Å². The fourth-order valence-corrected chi connectivity index (χ4v) is 4.84. The Kier molecular flexibility index (Phi) is 7.20. The van der Waals surface area contributed by atoms with E-state index in [1.165, 1.54) is 16.3 Å². The fraction of sp³-hybridized carbons (Fsp3) is 0.207. The second-order valence-electron chi connectivity index (χ2n) is 8.69. The van der Waals surface area contributed by atoms with Crippen molar-refractivity contribution in [3.63, 3.8) is 0 Å². The predicted octanol–water partition coefficient (Wildman–Crippen LogP) is 6.59.